The second-order valence-corrected chi connectivity index (χ2v) is 6.47. The van der Waals surface area contributed by atoms with Crippen LogP contribution in [0.5, 0.6) is 0 Å². The predicted molar refractivity (Wildman–Crippen MR) is 85.9 cm³/mol. The Labute approximate surface area is 138 Å². The van der Waals surface area contributed by atoms with Crippen molar-refractivity contribution in [3.05, 3.63) is 29.7 Å². The zero-order chi connectivity index (χ0) is 17.4. The van der Waals surface area contributed by atoms with E-state index in [1.807, 2.05) is 6.92 Å². The topological polar surface area (TPSA) is 85.6 Å². The SMILES string of the molecule is Cc1cn(C)nc1Nc1nc(C(F)F)cc2cnc(S(C)=O)nc12. The summed E-state index contributed by atoms with van der Waals surface area (Å²) in [6.45, 7) is 1.83. The molecule has 0 aliphatic heterocycles. The number of aromatic nitrogens is 5. The lowest BCUT2D eigenvalue weighted by Crippen LogP contribution is -2.04. The Kier molecular flexibility index (Phi) is 4.22. The summed E-state index contributed by atoms with van der Waals surface area (Å²) in [6.07, 6.45) is 1.85. The Morgan fingerprint density at radius 3 is 2.62 bits per heavy atom. The molecule has 3 heterocycles. The van der Waals surface area contributed by atoms with Gasteiger partial charge in [-0.05, 0) is 13.0 Å². The lowest BCUT2D eigenvalue weighted by Gasteiger charge is -2.10. The molecule has 10 heteroatoms. The average Bonchev–Trinajstić information content (AvgIpc) is 2.84. The summed E-state index contributed by atoms with van der Waals surface area (Å²) in [4.78, 5) is 12.1. The van der Waals surface area contributed by atoms with Crippen LogP contribution in [0, 0.1) is 6.92 Å². The minimum atomic E-state index is -2.74. The van der Waals surface area contributed by atoms with E-state index >= 15 is 0 Å². The first-order chi connectivity index (χ1) is 11.3. The van der Waals surface area contributed by atoms with Gasteiger partial charge in [-0.25, -0.2) is 23.7 Å². The maximum atomic E-state index is 13.1. The summed E-state index contributed by atoms with van der Waals surface area (Å²) < 4.78 is 39.4. The Morgan fingerprint density at radius 1 is 1.29 bits per heavy atom. The van der Waals surface area contributed by atoms with E-state index in [4.69, 9.17) is 0 Å². The Morgan fingerprint density at radius 2 is 2.04 bits per heavy atom. The van der Waals surface area contributed by atoms with E-state index in [0.29, 0.717) is 16.7 Å². The van der Waals surface area contributed by atoms with Crippen LogP contribution < -0.4 is 5.32 Å². The molecule has 7 nitrogen and oxygen atoms in total. The number of halogens is 2. The minimum Gasteiger partial charge on any atom is -0.321 e. The molecular weight excluding hydrogens is 338 g/mol. The highest BCUT2D eigenvalue weighted by Gasteiger charge is 2.17. The molecule has 0 saturated carbocycles. The summed E-state index contributed by atoms with van der Waals surface area (Å²) in [7, 11) is 0.350. The monoisotopic (exact) mass is 352 g/mol. The number of hydrogen-bond acceptors (Lipinski definition) is 6. The fraction of sp³-hybridized carbons (Fsp3) is 0.286. The highest BCUT2D eigenvalue weighted by atomic mass is 32.2. The highest BCUT2D eigenvalue weighted by molar-refractivity contribution is 7.84. The zero-order valence-corrected chi connectivity index (χ0v) is 13.9. The van der Waals surface area contributed by atoms with Crippen LogP contribution in [0.15, 0.2) is 23.6 Å². The fourth-order valence-electron chi connectivity index (χ4n) is 2.22. The molecule has 0 bridgehead atoms. The third-order valence-electron chi connectivity index (χ3n) is 3.29. The minimum absolute atomic E-state index is 0.106. The van der Waals surface area contributed by atoms with Crippen molar-refractivity contribution in [2.45, 2.75) is 18.5 Å². The molecule has 0 amide bonds. The molecular formula is C14H14F2N6OS. The molecule has 0 aromatic carbocycles. The van der Waals surface area contributed by atoms with Crippen LogP contribution in [-0.2, 0) is 17.8 Å². The number of pyridine rings is 1. The summed E-state index contributed by atoms with van der Waals surface area (Å²) in [5.41, 5.74) is 0.737. The van der Waals surface area contributed by atoms with Gasteiger partial charge in [0.05, 0.1) is 10.8 Å². The van der Waals surface area contributed by atoms with Crippen molar-refractivity contribution in [1.82, 2.24) is 24.7 Å². The number of rotatable bonds is 4. The number of fused-ring (bicyclic) bond motifs is 1. The zero-order valence-electron chi connectivity index (χ0n) is 13.1. The van der Waals surface area contributed by atoms with Crippen molar-refractivity contribution >= 4 is 33.3 Å². The second kappa shape index (κ2) is 6.19. The second-order valence-electron chi connectivity index (χ2n) is 5.20. The van der Waals surface area contributed by atoms with Crippen molar-refractivity contribution in [3.8, 4) is 0 Å². The molecule has 0 spiro atoms. The Balaban J connectivity index is 2.19. The van der Waals surface area contributed by atoms with Gasteiger partial charge < -0.3 is 5.32 Å². The van der Waals surface area contributed by atoms with E-state index in [1.165, 1.54) is 18.5 Å². The molecule has 0 fully saturated rings. The van der Waals surface area contributed by atoms with Crippen molar-refractivity contribution in [3.63, 3.8) is 0 Å². The first-order valence-corrected chi connectivity index (χ1v) is 8.47. The number of aryl methyl sites for hydroxylation is 2. The van der Waals surface area contributed by atoms with Crippen LogP contribution in [-0.4, -0.2) is 35.2 Å². The maximum Gasteiger partial charge on any atom is 0.280 e. The van der Waals surface area contributed by atoms with E-state index < -0.39 is 22.9 Å². The van der Waals surface area contributed by atoms with Gasteiger partial charge in [0.2, 0.25) is 5.16 Å². The number of anilines is 2. The molecule has 1 unspecified atom stereocenters. The standard InChI is InChI=1S/C14H14F2N6OS/c1-7-6-22(2)21-12(7)20-13-10-8(4-9(18-13)11(15)16)5-17-14(19-10)24(3)23/h4-6,11H,1-3H3,(H,18,20,21). The number of nitrogens with one attached hydrogen (secondary N) is 1. The van der Waals surface area contributed by atoms with Crippen molar-refractivity contribution in [2.24, 2.45) is 7.05 Å². The van der Waals surface area contributed by atoms with Crippen molar-refractivity contribution in [2.75, 3.05) is 11.6 Å². The van der Waals surface area contributed by atoms with Gasteiger partial charge in [-0.1, -0.05) is 0 Å². The van der Waals surface area contributed by atoms with Gasteiger partial charge >= 0.3 is 0 Å². The smallest absolute Gasteiger partial charge is 0.280 e. The largest absolute Gasteiger partial charge is 0.321 e. The van der Waals surface area contributed by atoms with Crippen LogP contribution in [0.2, 0.25) is 0 Å². The van der Waals surface area contributed by atoms with Gasteiger partial charge in [0, 0.05) is 36.6 Å². The van der Waals surface area contributed by atoms with E-state index in [9.17, 15) is 13.0 Å². The van der Waals surface area contributed by atoms with Crippen molar-refractivity contribution < 1.29 is 13.0 Å². The number of alkyl halides is 2. The molecule has 0 radical (unpaired) electrons. The van der Waals surface area contributed by atoms with Gasteiger partial charge in [0.15, 0.2) is 11.6 Å². The van der Waals surface area contributed by atoms with Crippen LogP contribution in [0.1, 0.15) is 17.7 Å². The van der Waals surface area contributed by atoms with Crippen LogP contribution in [0.3, 0.4) is 0 Å². The molecule has 126 valence electrons. The van der Waals surface area contributed by atoms with Gasteiger partial charge in [0.25, 0.3) is 6.43 Å². The van der Waals surface area contributed by atoms with E-state index in [0.717, 1.165) is 5.56 Å². The van der Waals surface area contributed by atoms with Crippen molar-refractivity contribution in [1.29, 1.82) is 0 Å². The lowest BCUT2D eigenvalue weighted by molar-refractivity contribution is 0.146. The van der Waals surface area contributed by atoms with Gasteiger partial charge in [-0.15, -0.1) is 0 Å². The summed E-state index contributed by atoms with van der Waals surface area (Å²) in [5.74, 6) is 0.606. The third-order valence-corrected chi connectivity index (χ3v) is 4.00. The van der Waals surface area contributed by atoms with Gasteiger partial charge in [0.1, 0.15) is 11.2 Å². The summed E-state index contributed by atoms with van der Waals surface area (Å²) in [5, 5.41) is 7.64. The summed E-state index contributed by atoms with van der Waals surface area (Å²) >= 11 is 0. The normalized spacial score (nSPS) is 12.8. The van der Waals surface area contributed by atoms with E-state index in [-0.39, 0.29) is 11.0 Å². The molecule has 3 aromatic rings. The molecule has 1 atom stereocenters. The van der Waals surface area contributed by atoms with Crippen LogP contribution in [0.4, 0.5) is 20.4 Å². The first kappa shape index (κ1) is 16.4. The Bertz CT molecular complexity index is 942. The number of nitrogens with zero attached hydrogens (tertiary/aromatic N) is 5. The van der Waals surface area contributed by atoms with Gasteiger partial charge in [-0.2, -0.15) is 5.10 Å². The molecule has 0 aliphatic carbocycles. The van der Waals surface area contributed by atoms with Gasteiger partial charge in [-0.3, -0.25) is 8.89 Å². The molecule has 24 heavy (non-hydrogen) atoms. The molecule has 1 N–H and O–H groups in total. The summed E-state index contributed by atoms with van der Waals surface area (Å²) in [6, 6.07) is 1.22. The molecule has 0 aliphatic rings. The number of hydrogen-bond donors (Lipinski definition) is 1. The Hall–Kier alpha value is -2.49. The average molecular weight is 352 g/mol. The molecule has 3 aromatic heterocycles. The molecule has 0 saturated heterocycles. The maximum absolute atomic E-state index is 13.1. The first-order valence-electron chi connectivity index (χ1n) is 6.91. The third kappa shape index (κ3) is 3.09. The van der Waals surface area contributed by atoms with E-state index in [2.05, 4.69) is 25.4 Å². The lowest BCUT2D eigenvalue weighted by atomic mass is 10.2. The highest BCUT2D eigenvalue weighted by Crippen LogP contribution is 2.28. The predicted octanol–water partition coefficient (Wildman–Crippen LogP) is 2.49. The fourth-order valence-corrected chi connectivity index (χ4v) is 2.64. The molecule has 3 rings (SSSR count). The van der Waals surface area contributed by atoms with E-state index in [1.54, 1.807) is 17.9 Å². The quantitative estimate of drug-likeness (QED) is 0.726. The van der Waals surface area contributed by atoms with Crippen LogP contribution in [0.25, 0.3) is 10.9 Å². The van der Waals surface area contributed by atoms with Crippen LogP contribution >= 0.6 is 0 Å².